The summed E-state index contributed by atoms with van der Waals surface area (Å²) in [4.78, 5) is 25.7. The third-order valence-electron chi connectivity index (χ3n) is 4.54. The van der Waals surface area contributed by atoms with E-state index in [0.29, 0.717) is 12.3 Å². The Bertz CT molecular complexity index is 518. The van der Waals surface area contributed by atoms with E-state index in [4.69, 9.17) is 4.99 Å². The van der Waals surface area contributed by atoms with Gasteiger partial charge in [0.05, 0.1) is 0 Å². The zero-order valence-electron chi connectivity index (χ0n) is 11.7. The van der Waals surface area contributed by atoms with Crippen LogP contribution in [0.2, 0.25) is 0 Å². The minimum absolute atomic E-state index is 0.169. The van der Waals surface area contributed by atoms with E-state index in [2.05, 4.69) is 9.89 Å². The molecule has 0 spiro atoms. The zero-order valence-corrected chi connectivity index (χ0v) is 11.7. The number of nitrogens with zero attached hydrogens (tertiary/aromatic N) is 4. The van der Waals surface area contributed by atoms with Crippen LogP contribution >= 0.6 is 0 Å². The quantitative estimate of drug-likeness (QED) is 0.767. The molecule has 1 unspecified atom stereocenters. The SMILES string of the molecule is O=C1CC=CN=C2N1CC1CCCN=C1N2CC1CC1. The van der Waals surface area contributed by atoms with E-state index in [1.54, 1.807) is 6.20 Å². The third kappa shape index (κ3) is 2.05. The number of guanidine groups is 1. The lowest BCUT2D eigenvalue weighted by atomic mass is 9.95. The molecule has 3 heterocycles. The minimum atomic E-state index is 0.169. The van der Waals surface area contributed by atoms with Gasteiger partial charge in [0.25, 0.3) is 0 Å². The molecule has 0 aromatic rings. The molecule has 0 aromatic carbocycles. The van der Waals surface area contributed by atoms with Crippen LogP contribution in [-0.2, 0) is 4.79 Å². The number of carbonyl (C=O) groups is 1. The van der Waals surface area contributed by atoms with Crippen molar-refractivity contribution in [1.82, 2.24) is 9.80 Å². The molecule has 4 rings (SSSR count). The second-order valence-corrected chi connectivity index (χ2v) is 6.16. The van der Waals surface area contributed by atoms with Gasteiger partial charge in [-0.2, -0.15) is 0 Å². The predicted octanol–water partition coefficient (Wildman–Crippen LogP) is 1.62. The maximum atomic E-state index is 12.3. The molecule has 0 aromatic heterocycles. The third-order valence-corrected chi connectivity index (χ3v) is 4.54. The van der Waals surface area contributed by atoms with E-state index >= 15 is 0 Å². The lowest BCUT2D eigenvalue weighted by molar-refractivity contribution is -0.127. The van der Waals surface area contributed by atoms with Gasteiger partial charge < -0.3 is 0 Å². The summed E-state index contributed by atoms with van der Waals surface area (Å²) >= 11 is 0. The molecule has 3 aliphatic heterocycles. The summed E-state index contributed by atoms with van der Waals surface area (Å²) in [5.74, 6) is 3.32. The van der Waals surface area contributed by atoms with Crippen molar-refractivity contribution in [3.8, 4) is 0 Å². The van der Waals surface area contributed by atoms with Crippen LogP contribution in [0.25, 0.3) is 0 Å². The Morgan fingerprint density at radius 3 is 3.05 bits per heavy atom. The molecule has 1 saturated carbocycles. The number of rotatable bonds is 2. The van der Waals surface area contributed by atoms with Gasteiger partial charge in [0.1, 0.15) is 5.84 Å². The summed E-state index contributed by atoms with van der Waals surface area (Å²) in [7, 11) is 0. The summed E-state index contributed by atoms with van der Waals surface area (Å²) in [5, 5.41) is 0. The number of amidine groups is 1. The predicted molar refractivity (Wildman–Crippen MR) is 77.4 cm³/mol. The van der Waals surface area contributed by atoms with Gasteiger partial charge in [-0.1, -0.05) is 6.08 Å². The number of fused-ring (bicyclic) bond motifs is 2. The van der Waals surface area contributed by atoms with Crippen LogP contribution in [0.15, 0.2) is 22.3 Å². The van der Waals surface area contributed by atoms with Crippen molar-refractivity contribution in [3.05, 3.63) is 12.3 Å². The van der Waals surface area contributed by atoms with Crippen molar-refractivity contribution in [3.63, 3.8) is 0 Å². The lowest BCUT2D eigenvalue weighted by Gasteiger charge is -2.43. The summed E-state index contributed by atoms with van der Waals surface area (Å²) in [6.45, 7) is 2.66. The Hall–Kier alpha value is -1.65. The van der Waals surface area contributed by atoms with E-state index in [-0.39, 0.29) is 5.91 Å². The van der Waals surface area contributed by atoms with Gasteiger partial charge >= 0.3 is 0 Å². The molecule has 106 valence electrons. The highest BCUT2D eigenvalue weighted by molar-refractivity contribution is 6.10. The first-order chi connectivity index (χ1) is 9.83. The molecule has 20 heavy (non-hydrogen) atoms. The van der Waals surface area contributed by atoms with Crippen molar-refractivity contribution < 1.29 is 4.79 Å². The molecule has 1 aliphatic carbocycles. The van der Waals surface area contributed by atoms with Crippen LogP contribution in [0, 0.1) is 11.8 Å². The van der Waals surface area contributed by atoms with E-state index in [1.807, 2.05) is 11.0 Å². The van der Waals surface area contributed by atoms with Crippen LogP contribution in [0.5, 0.6) is 0 Å². The van der Waals surface area contributed by atoms with E-state index in [0.717, 1.165) is 44.4 Å². The fourth-order valence-corrected chi connectivity index (χ4v) is 3.29. The Morgan fingerprint density at radius 2 is 2.20 bits per heavy atom. The molecular formula is C15H20N4O. The van der Waals surface area contributed by atoms with Gasteiger partial charge in [-0.25, -0.2) is 4.99 Å². The highest BCUT2D eigenvalue weighted by atomic mass is 16.2. The molecule has 5 heteroatoms. The number of carbonyl (C=O) groups excluding carboxylic acids is 1. The van der Waals surface area contributed by atoms with E-state index in [1.165, 1.54) is 18.7 Å². The van der Waals surface area contributed by atoms with Crippen molar-refractivity contribution >= 4 is 17.7 Å². The van der Waals surface area contributed by atoms with Gasteiger partial charge in [0.15, 0.2) is 0 Å². The summed E-state index contributed by atoms with van der Waals surface area (Å²) < 4.78 is 0. The standard InChI is InChI=1S/C15H20N4O/c20-13-4-2-8-17-15-18(13)10-12-3-1-7-16-14(12)19(15)9-11-5-6-11/h2,8,11-12H,1,3-7,9-10H2. The highest BCUT2D eigenvalue weighted by Crippen LogP contribution is 2.33. The fourth-order valence-electron chi connectivity index (χ4n) is 3.29. The van der Waals surface area contributed by atoms with Crippen molar-refractivity contribution in [2.75, 3.05) is 19.6 Å². The number of hydrogen-bond donors (Lipinski definition) is 0. The molecule has 1 atom stereocenters. The Kier molecular flexibility index (Phi) is 2.86. The number of aliphatic imine (C=N–C) groups is 2. The summed E-state index contributed by atoms with van der Waals surface area (Å²) in [6, 6.07) is 0. The first-order valence-electron chi connectivity index (χ1n) is 7.68. The van der Waals surface area contributed by atoms with E-state index in [9.17, 15) is 4.79 Å². The van der Waals surface area contributed by atoms with Gasteiger partial charge in [0, 0.05) is 38.2 Å². The maximum absolute atomic E-state index is 12.3. The monoisotopic (exact) mass is 272 g/mol. The molecule has 0 radical (unpaired) electrons. The average molecular weight is 272 g/mol. The summed E-state index contributed by atoms with van der Waals surface area (Å²) in [6.07, 6.45) is 8.97. The first kappa shape index (κ1) is 12.1. The second kappa shape index (κ2) is 4.72. The number of hydrogen-bond acceptors (Lipinski definition) is 4. The molecule has 4 aliphatic rings. The topological polar surface area (TPSA) is 48.3 Å². The minimum Gasteiger partial charge on any atom is -0.300 e. The smallest absolute Gasteiger partial charge is 0.233 e. The molecular weight excluding hydrogens is 252 g/mol. The average Bonchev–Trinajstić information content (AvgIpc) is 3.28. The van der Waals surface area contributed by atoms with E-state index < -0.39 is 0 Å². The van der Waals surface area contributed by atoms with Gasteiger partial charge in [0.2, 0.25) is 11.9 Å². The molecule has 2 fully saturated rings. The largest absolute Gasteiger partial charge is 0.300 e. The van der Waals surface area contributed by atoms with Crippen molar-refractivity contribution in [2.45, 2.75) is 32.1 Å². The number of amides is 1. The Labute approximate surface area is 119 Å². The van der Waals surface area contributed by atoms with Crippen LogP contribution in [-0.4, -0.2) is 47.1 Å². The Balaban J connectivity index is 1.71. The van der Waals surface area contributed by atoms with Crippen molar-refractivity contribution in [2.24, 2.45) is 21.8 Å². The van der Waals surface area contributed by atoms with Crippen LogP contribution in [0.4, 0.5) is 0 Å². The van der Waals surface area contributed by atoms with Crippen molar-refractivity contribution in [1.29, 1.82) is 0 Å². The Morgan fingerprint density at radius 1 is 1.30 bits per heavy atom. The van der Waals surface area contributed by atoms with Crippen LogP contribution in [0.1, 0.15) is 32.1 Å². The fraction of sp³-hybridized carbons (Fsp3) is 0.667. The van der Waals surface area contributed by atoms with Gasteiger partial charge in [-0.05, 0) is 31.6 Å². The molecule has 1 amide bonds. The maximum Gasteiger partial charge on any atom is 0.233 e. The molecule has 1 saturated heterocycles. The zero-order chi connectivity index (χ0) is 13.5. The van der Waals surface area contributed by atoms with Gasteiger partial charge in [-0.15, -0.1) is 0 Å². The molecule has 0 bridgehead atoms. The van der Waals surface area contributed by atoms with Crippen LogP contribution < -0.4 is 0 Å². The van der Waals surface area contributed by atoms with Crippen LogP contribution in [0.3, 0.4) is 0 Å². The first-order valence-corrected chi connectivity index (χ1v) is 7.68. The highest BCUT2D eigenvalue weighted by Gasteiger charge is 2.41. The summed E-state index contributed by atoms with van der Waals surface area (Å²) in [5.41, 5.74) is 0. The van der Waals surface area contributed by atoms with Gasteiger partial charge in [-0.3, -0.25) is 19.6 Å². The molecule has 0 N–H and O–H groups in total. The second-order valence-electron chi connectivity index (χ2n) is 6.16. The molecule has 5 nitrogen and oxygen atoms in total. The lowest BCUT2D eigenvalue weighted by Crippen LogP contribution is -2.59. The normalized spacial score (nSPS) is 29.4.